The minimum atomic E-state index is -5.59. The fourth-order valence-corrected chi connectivity index (χ4v) is 5.94. The van der Waals surface area contributed by atoms with E-state index in [0.29, 0.717) is 19.3 Å². The molecule has 0 aromatic heterocycles. The van der Waals surface area contributed by atoms with Crippen LogP contribution < -0.4 is 20.1 Å². The Morgan fingerprint density at radius 2 is 1.68 bits per heavy atom. The summed E-state index contributed by atoms with van der Waals surface area (Å²) in [6.07, 6.45) is 5.88. The third kappa shape index (κ3) is 6.51. The van der Waals surface area contributed by atoms with E-state index in [1.165, 1.54) is 19.2 Å². The summed E-state index contributed by atoms with van der Waals surface area (Å²) in [7, 11) is -4.29. The van der Waals surface area contributed by atoms with E-state index in [1.807, 2.05) is 0 Å². The van der Waals surface area contributed by atoms with E-state index in [4.69, 9.17) is 9.47 Å². The first-order valence-corrected chi connectivity index (χ1v) is 14.5. The number of alkyl halides is 3. The normalized spacial score (nSPS) is 20.1. The van der Waals surface area contributed by atoms with Crippen molar-refractivity contribution in [3.63, 3.8) is 0 Å². The van der Waals surface area contributed by atoms with Gasteiger partial charge >= 0.3 is 5.51 Å². The molecule has 0 heterocycles. The van der Waals surface area contributed by atoms with E-state index in [-0.39, 0.29) is 28.9 Å². The van der Waals surface area contributed by atoms with Crippen LogP contribution in [0, 0.1) is 11.7 Å². The number of ether oxygens (including phenoxy) is 2. The summed E-state index contributed by atoms with van der Waals surface area (Å²) in [6.45, 7) is 0. The van der Waals surface area contributed by atoms with Gasteiger partial charge in [0.05, 0.1) is 29.6 Å². The van der Waals surface area contributed by atoms with Gasteiger partial charge in [0.15, 0.2) is 11.6 Å². The van der Waals surface area contributed by atoms with E-state index in [2.05, 4.69) is 10.6 Å². The number of amides is 2. The molecule has 0 saturated heterocycles. The van der Waals surface area contributed by atoms with Gasteiger partial charge in [-0.1, -0.05) is 18.9 Å². The van der Waals surface area contributed by atoms with E-state index in [1.54, 1.807) is 0 Å². The number of carbonyl (C=O) groups excluding carboxylic acids is 2. The number of hydrogen-bond donors (Lipinski definition) is 2. The highest BCUT2D eigenvalue weighted by molar-refractivity contribution is 7.92. The van der Waals surface area contributed by atoms with Crippen molar-refractivity contribution >= 4 is 27.3 Å². The van der Waals surface area contributed by atoms with Crippen LogP contribution in [0.5, 0.6) is 11.5 Å². The molecule has 0 radical (unpaired) electrons. The molecule has 0 spiro atoms. The smallest absolute Gasteiger partial charge is 0.496 e. The van der Waals surface area contributed by atoms with E-state index >= 15 is 0 Å². The van der Waals surface area contributed by atoms with Gasteiger partial charge in [-0.2, -0.15) is 13.2 Å². The summed E-state index contributed by atoms with van der Waals surface area (Å²) in [6, 6.07) is 5.62. The maximum absolute atomic E-state index is 14.7. The van der Waals surface area contributed by atoms with E-state index in [0.717, 1.165) is 56.4 Å². The van der Waals surface area contributed by atoms with Gasteiger partial charge in [-0.25, -0.2) is 12.8 Å². The zero-order valence-corrected chi connectivity index (χ0v) is 22.5. The Labute approximate surface area is 229 Å². The number of anilines is 1. The molecule has 2 amide bonds. The van der Waals surface area contributed by atoms with Crippen LogP contribution >= 0.6 is 0 Å². The van der Waals surface area contributed by atoms with Crippen molar-refractivity contribution < 1.29 is 45.0 Å². The fraction of sp³-hybridized carbons (Fsp3) is 0.481. The van der Waals surface area contributed by atoms with E-state index < -0.39 is 49.8 Å². The second-order valence-corrected chi connectivity index (χ2v) is 11.9. The number of hydrogen-bond acceptors (Lipinski definition) is 6. The van der Waals surface area contributed by atoms with Gasteiger partial charge in [0.2, 0.25) is 5.91 Å². The first-order valence-electron chi connectivity index (χ1n) is 13.0. The molecule has 13 heteroatoms. The van der Waals surface area contributed by atoms with Gasteiger partial charge in [0.1, 0.15) is 5.75 Å². The number of sulfone groups is 1. The SMILES string of the molecule is COc1cc(F)c(OC2CCCCC2)cc1C(=O)N[C@@H]1CCC[C@@H]1C(=O)Nc1cccc(S(=O)(=O)C(F)(F)F)c1. The Morgan fingerprint density at radius 3 is 2.35 bits per heavy atom. The van der Waals surface area contributed by atoms with Crippen molar-refractivity contribution in [3.8, 4) is 11.5 Å². The monoisotopic (exact) mass is 586 g/mol. The lowest BCUT2D eigenvalue weighted by atomic mass is 9.98. The highest BCUT2D eigenvalue weighted by atomic mass is 32.2. The average molecular weight is 587 g/mol. The van der Waals surface area contributed by atoms with Crippen LogP contribution in [0.4, 0.5) is 23.2 Å². The maximum Gasteiger partial charge on any atom is 0.501 e. The molecule has 2 aliphatic carbocycles. The molecule has 218 valence electrons. The third-order valence-electron chi connectivity index (χ3n) is 7.23. The Morgan fingerprint density at radius 1 is 0.950 bits per heavy atom. The van der Waals surface area contributed by atoms with Gasteiger partial charge in [-0.05, 0) is 62.8 Å². The Hall–Kier alpha value is -3.35. The van der Waals surface area contributed by atoms with Crippen LogP contribution in [0.3, 0.4) is 0 Å². The van der Waals surface area contributed by atoms with Crippen molar-refractivity contribution in [2.45, 2.75) is 73.9 Å². The van der Waals surface area contributed by atoms with Crippen molar-refractivity contribution in [2.24, 2.45) is 5.92 Å². The van der Waals surface area contributed by atoms with E-state index in [9.17, 15) is 35.6 Å². The molecule has 0 aliphatic heterocycles. The summed E-state index contributed by atoms with van der Waals surface area (Å²) in [5, 5.41) is 5.25. The van der Waals surface area contributed by atoms with Gasteiger partial charge in [-0.15, -0.1) is 0 Å². The molecule has 2 N–H and O–H groups in total. The standard InChI is InChI=1S/C27H30F4N2O6S/c1-38-23-15-21(28)24(39-17-8-3-2-4-9-17)14-20(23)26(35)33-22-12-6-11-19(22)25(34)32-16-7-5-10-18(13-16)40(36,37)27(29,30)31/h5,7,10,13-15,17,19,22H,2-4,6,8-9,11-12H2,1H3,(H,32,34)(H,33,35)/t19-,22+/m0/s1. The summed E-state index contributed by atoms with van der Waals surface area (Å²) >= 11 is 0. The molecule has 2 aromatic rings. The van der Waals surface area contributed by atoms with Crippen LogP contribution in [-0.2, 0) is 14.6 Å². The zero-order valence-electron chi connectivity index (χ0n) is 21.7. The van der Waals surface area contributed by atoms with Gasteiger partial charge in [-0.3, -0.25) is 9.59 Å². The van der Waals surface area contributed by atoms with Crippen LogP contribution in [0.25, 0.3) is 0 Å². The Kier molecular flexibility index (Phi) is 8.91. The molecule has 2 atom stereocenters. The second-order valence-electron chi connectivity index (χ2n) is 9.94. The van der Waals surface area contributed by atoms with Crippen molar-refractivity contribution in [3.05, 3.63) is 47.8 Å². The summed E-state index contributed by atoms with van der Waals surface area (Å²) in [4.78, 5) is 25.3. The summed E-state index contributed by atoms with van der Waals surface area (Å²) in [5.74, 6) is -2.66. The number of halogens is 4. The highest BCUT2D eigenvalue weighted by Gasteiger charge is 2.47. The summed E-state index contributed by atoms with van der Waals surface area (Å²) in [5.41, 5.74) is -5.58. The van der Waals surface area contributed by atoms with Crippen LogP contribution in [0.1, 0.15) is 61.7 Å². The van der Waals surface area contributed by atoms with Crippen molar-refractivity contribution in [2.75, 3.05) is 12.4 Å². The minimum Gasteiger partial charge on any atom is -0.496 e. The third-order valence-corrected chi connectivity index (χ3v) is 8.71. The lowest BCUT2D eigenvalue weighted by Crippen LogP contribution is -2.42. The molecule has 8 nitrogen and oxygen atoms in total. The van der Waals surface area contributed by atoms with Crippen LogP contribution in [-0.4, -0.2) is 45.0 Å². The highest BCUT2D eigenvalue weighted by Crippen LogP contribution is 2.34. The van der Waals surface area contributed by atoms with Gasteiger partial charge in [0.25, 0.3) is 15.7 Å². The molecule has 4 rings (SSSR count). The van der Waals surface area contributed by atoms with Gasteiger partial charge < -0.3 is 20.1 Å². The second kappa shape index (κ2) is 12.0. The molecular formula is C27H30F4N2O6S. The largest absolute Gasteiger partial charge is 0.501 e. The lowest BCUT2D eigenvalue weighted by Gasteiger charge is -2.24. The number of nitrogens with one attached hydrogen (secondary N) is 2. The number of rotatable bonds is 8. The molecule has 2 aromatic carbocycles. The molecule has 2 fully saturated rings. The molecule has 0 unspecified atom stereocenters. The first kappa shape index (κ1) is 29.6. The summed E-state index contributed by atoms with van der Waals surface area (Å²) < 4.78 is 88.0. The first-order chi connectivity index (χ1) is 18.9. The lowest BCUT2D eigenvalue weighted by molar-refractivity contribution is -0.120. The predicted octanol–water partition coefficient (Wildman–Crippen LogP) is 5.38. The molecule has 0 bridgehead atoms. The van der Waals surface area contributed by atoms with Crippen LogP contribution in [0.15, 0.2) is 41.3 Å². The molecule has 40 heavy (non-hydrogen) atoms. The number of benzene rings is 2. The Balaban J connectivity index is 1.47. The fourth-order valence-electron chi connectivity index (χ4n) is 5.14. The number of methoxy groups -OCH3 is 1. The van der Waals surface area contributed by atoms with Crippen molar-refractivity contribution in [1.29, 1.82) is 0 Å². The molecule has 2 saturated carbocycles. The minimum absolute atomic E-state index is 0.00678. The van der Waals surface area contributed by atoms with Crippen LogP contribution in [0.2, 0.25) is 0 Å². The number of carbonyl (C=O) groups is 2. The van der Waals surface area contributed by atoms with Crippen molar-refractivity contribution in [1.82, 2.24) is 5.32 Å². The average Bonchev–Trinajstić information content (AvgIpc) is 3.38. The molecular weight excluding hydrogens is 556 g/mol. The predicted molar refractivity (Wildman–Crippen MR) is 137 cm³/mol. The Bertz CT molecular complexity index is 1360. The van der Waals surface area contributed by atoms with Gasteiger partial charge in [0, 0.05) is 17.8 Å². The quantitative estimate of drug-likeness (QED) is 0.402. The maximum atomic E-state index is 14.7. The zero-order chi connectivity index (χ0) is 29.1. The topological polar surface area (TPSA) is 111 Å². The molecule has 2 aliphatic rings.